The second-order valence-electron chi connectivity index (χ2n) is 8.60. The summed E-state index contributed by atoms with van der Waals surface area (Å²) in [5.74, 6) is 1.66. The molecule has 1 amide bonds. The summed E-state index contributed by atoms with van der Waals surface area (Å²) in [6, 6.07) is 5.40. The fraction of sp³-hybridized carbons (Fsp3) is 0.682. The third kappa shape index (κ3) is 5.23. The Morgan fingerprint density at radius 2 is 2.04 bits per heavy atom. The van der Waals surface area contributed by atoms with Gasteiger partial charge in [0, 0.05) is 19.1 Å². The summed E-state index contributed by atoms with van der Waals surface area (Å²) in [5.41, 5.74) is 2.23. The van der Waals surface area contributed by atoms with E-state index < -0.39 is 0 Å². The van der Waals surface area contributed by atoms with E-state index >= 15 is 0 Å². The minimum Gasteiger partial charge on any atom is -0.508 e. The average molecular weight is 374 g/mol. The van der Waals surface area contributed by atoms with Crippen molar-refractivity contribution in [1.29, 1.82) is 0 Å². The Hall–Kier alpha value is -1.59. The summed E-state index contributed by atoms with van der Waals surface area (Å²) in [6.07, 6.45) is 4.52. The average Bonchev–Trinajstić information content (AvgIpc) is 2.67. The zero-order valence-corrected chi connectivity index (χ0v) is 17.0. The number of aromatic hydroxyl groups is 1. The van der Waals surface area contributed by atoms with Crippen LogP contribution in [-0.4, -0.2) is 47.6 Å². The lowest BCUT2D eigenvalue weighted by Gasteiger charge is -2.36. The maximum absolute atomic E-state index is 12.9. The van der Waals surface area contributed by atoms with E-state index in [1.54, 1.807) is 12.1 Å². The topological polar surface area (TPSA) is 64.6 Å². The summed E-state index contributed by atoms with van der Waals surface area (Å²) < 4.78 is 0. The molecule has 2 aliphatic heterocycles. The first-order chi connectivity index (χ1) is 13.0. The Labute approximate surface area is 163 Å². The summed E-state index contributed by atoms with van der Waals surface area (Å²) in [4.78, 5) is 15.4. The Morgan fingerprint density at radius 3 is 2.70 bits per heavy atom. The molecule has 0 aromatic heterocycles. The van der Waals surface area contributed by atoms with Crippen LogP contribution in [0.25, 0.3) is 0 Å². The van der Waals surface area contributed by atoms with Crippen molar-refractivity contribution < 1.29 is 9.90 Å². The van der Waals surface area contributed by atoms with Gasteiger partial charge in [0.1, 0.15) is 5.75 Å². The van der Waals surface area contributed by atoms with E-state index in [0.29, 0.717) is 18.9 Å². The normalized spacial score (nSPS) is 22.4. The highest BCUT2D eigenvalue weighted by Crippen LogP contribution is 2.23. The van der Waals surface area contributed by atoms with E-state index in [2.05, 4.69) is 36.3 Å². The number of carbonyl (C=O) groups excluding carboxylic acids is 1. The molecule has 0 saturated carbocycles. The second-order valence-corrected chi connectivity index (χ2v) is 8.60. The Balaban J connectivity index is 1.55. The summed E-state index contributed by atoms with van der Waals surface area (Å²) in [5, 5.41) is 16.3. The van der Waals surface area contributed by atoms with Gasteiger partial charge in [-0.1, -0.05) is 33.3 Å². The predicted octanol–water partition coefficient (Wildman–Crippen LogP) is 2.67. The van der Waals surface area contributed by atoms with E-state index in [1.807, 2.05) is 6.07 Å². The van der Waals surface area contributed by atoms with Gasteiger partial charge in [0.25, 0.3) is 0 Å². The molecular formula is C22H35N3O2. The van der Waals surface area contributed by atoms with Crippen molar-refractivity contribution in [2.75, 3.05) is 19.6 Å². The third-order valence-corrected chi connectivity index (χ3v) is 6.34. The van der Waals surface area contributed by atoms with Gasteiger partial charge < -0.3 is 20.6 Å². The first-order valence-corrected chi connectivity index (χ1v) is 10.5. The number of fused-ring (bicyclic) bond motifs is 1. The largest absolute Gasteiger partial charge is 0.508 e. The molecule has 5 nitrogen and oxygen atoms in total. The van der Waals surface area contributed by atoms with Gasteiger partial charge in [-0.3, -0.25) is 4.79 Å². The summed E-state index contributed by atoms with van der Waals surface area (Å²) in [7, 11) is 0. The van der Waals surface area contributed by atoms with Crippen LogP contribution >= 0.6 is 0 Å². The predicted molar refractivity (Wildman–Crippen MR) is 109 cm³/mol. The van der Waals surface area contributed by atoms with E-state index in [1.165, 1.54) is 19.3 Å². The van der Waals surface area contributed by atoms with E-state index in [4.69, 9.17) is 0 Å². The SMILES string of the molecule is CCC1CCN(C[C@@H](NC(=O)C2Cc3ccc(O)cc3CN2)C(C)C)CC1. The lowest BCUT2D eigenvalue weighted by Crippen LogP contribution is -2.54. The second kappa shape index (κ2) is 9.07. The number of likely N-dealkylation sites (tertiary alicyclic amines) is 1. The number of piperidine rings is 1. The Morgan fingerprint density at radius 1 is 1.30 bits per heavy atom. The number of rotatable bonds is 6. The maximum Gasteiger partial charge on any atom is 0.237 e. The molecule has 1 unspecified atom stereocenters. The molecule has 1 aromatic carbocycles. The van der Waals surface area contributed by atoms with Crippen LogP contribution in [0.1, 0.15) is 51.2 Å². The minimum atomic E-state index is -0.200. The third-order valence-electron chi connectivity index (χ3n) is 6.34. The minimum absolute atomic E-state index is 0.0934. The first-order valence-electron chi connectivity index (χ1n) is 10.5. The monoisotopic (exact) mass is 373 g/mol. The molecule has 2 atom stereocenters. The number of nitrogens with one attached hydrogen (secondary N) is 2. The summed E-state index contributed by atoms with van der Waals surface area (Å²) >= 11 is 0. The number of phenols is 1. The molecule has 1 fully saturated rings. The molecular weight excluding hydrogens is 338 g/mol. The van der Waals surface area contributed by atoms with Crippen molar-refractivity contribution in [2.24, 2.45) is 11.8 Å². The van der Waals surface area contributed by atoms with E-state index in [-0.39, 0.29) is 23.7 Å². The molecule has 0 aliphatic carbocycles. The van der Waals surface area contributed by atoms with Crippen LogP contribution in [0.4, 0.5) is 0 Å². The van der Waals surface area contributed by atoms with Crippen molar-refractivity contribution >= 4 is 5.91 Å². The number of nitrogens with zero attached hydrogens (tertiary/aromatic N) is 1. The molecule has 27 heavy (non-hydrogen) atoms. The van der Waals surface area contributed by atoms with Crippen molar-refractivity contribution in [1.82, 2.24) is 15.5 Å². The van der Waals surface area contributed by atoms with Gasteiger partial charge in [-0.25, -0.2) is 0 Å². The van der Waals surface area contributed by atoms with Crippen LogP contribution in [0.5, 0.6) is 5.75 Å². The molecule has 0 bridgehead atoms. The Bertz CT molecular complexity index is 638. The Kier molecular flexibility index (Phi) is 6.77. The lowest BCUT2D eigenvalue weighted by molar-refractivity contribution is -0.124. The zero-order valence-electron chi connectivity index (χ0n) is 17.0. The van der Waals surface area contributed by atoms with Gasteiger partial charge in [0.2, 0.25) is 5.91 Å². The van der Waals surface area contributed by atoms with Gasteiger partial charge >= 0.3 is 0 Å². The fourth-order valence-electron chi connectivity index (χ4n) is 4.25. The number of amides is 1. The van der Waals surface area contributed by atoms with E-state index in [0.717, 1.165) is 36.7 Å². The summed E-state index contributed by atoms with van der Waals surface area (Å²) in [6.45, 7) is 10.5. The van der Waals surface area contributed by atoms with Crippen molar-refractivity contribution in [3.8, 4) is 5.75 Å². The van der Waals surface area contributed by atoms with Crippen molar-refractivity contribution in [2.45, 2.75) is 65.1 Å². The van der Waals surface area contributed by atoms with E-state index in [9.17, 15) is 9.90 Å². The van der Waals surface area contributed by atoms with Crippen LogP contribution in [0.3, 0.4) is 0 Å². The standard InChI is InChI=1S/C22H35N3O2/c1-4-16-7-9-25(10-8-16)14-21(15(2)3)24-22(27)20-12-17-5-6-19(26)11-18(17)13-23-20/h5-6,11,15-16,20-21,23,26H,4,7-10,12-14H2,1-3H3,(H,24,27)/t20?,21-/m1/s1. The molecule has 2 heterocycles. The molecule has 5 heteroatoms. The van der Waals surface area contributed by atoms with Crippen LogP contribution in [-0.2, 0) is 17.8 Å². The molecule has 1 saturated heterocycles. The van der Waals surface area contributed by atoms with Gasteiger partial charge in [-0.15, -0.1) is 0 Å². The van der Waals surface area contributed by atoms with Crippen LogP contribution in [0.15, 0.2) is 18.2 Å². The molecule has 2 aliphatic rings. The van der Waals surface area contributed by atoms with Gasteiger partial charge in [0.15, 0.2) is 0 Å². The number of hydrogen-bond donors (Lipinski definition) is 3. The van der Waals surface area contributed by atoms with Gasteiger partial charge in [-0.2, -0.15) is 0 Å². The quantitative estimate of drug-likeness (QED) is 0.717. The maximum atomic E-state index is 12.9. The number of phenolic OH excluding ortho intramolecular Hbond substituents is 1. The number of hydrogen-bond acceptors (Lipinski definition) is 4. The number of carbonyl (C=O) groups is 1. The van der Waals surface area contributed by atoms with Gasteiger partial charge in [-0.05, 0) is 67.4 Å². The number of benzene rings is 1. The highest BCUT2D eigenvalue weighted by atomic mass is 16.3. The highest BCUT2D eigenvalue weighted by Gasteiger charge is 2.28. The van der Waals surface area contributed by atoms with Crippen molar-refractivity contribution in [3.63, 3.8) is 0 Å². The van der Waals surface area contributed by atoms with Crippen molar-refractivity contribution in [3.05, 3.63) is 29.3 Å². The van der Waals surface area contributed by atoms with Gasteiger partial charge in [0.05, 0.1) is 6.04 Å². The first kappa shape index (κ1) is 20.2. The zero-order chi connectivity index (χ0) is 19.4. The lowest BCUT2D eigenvalue weighted by atomic mass is 9.93. The molecule has 3 N–H and O–H groups in total. The molecule has 1 aromatic rings. The molecule has 0 radical (unpaired) electrons. The van der Waals surface area contributed by atoms with Crippen LogP contribution in [0, 0.1) is 11.8 Å². The van der Waals surface area contributed by atoms with Crippen LogP contribution in [0.2, 0.25) is 0 Å². The molecule has 150 valence electrons. The fourth-order valence-corrected chi connectivity index (χ4v) is 4.25. The molecule has 0 spiro atoms. The molecule has 3 rings (SSSR count). The highest BCUT2D eigenvalue weighted by molar-refractivity contribution is 5.82. The van der Waals surface area contributed by atoms with Crippen LogP contribution < -0.4 is 10.6 Å². The smallest absolute Gasteiger partial charge is 0.237 e.